The first-order valence-electron chi connectivity index (χ1n) is 11.5. The maximum absolute atomic E-state index is 12.0. The predicted octanol–water partition coefficient (Wildman–Crippen LogP) is 4.39. The summed E-state index contributed by atoms with van der Waals surface area (Å²) in [6.45, 7) is 4.32. The van der Waals surface area contributed by atoms with Crippen molar-refractivity contribution in [3.8, 4) is 5.75 Å². The lowest BCUT2D eigenvalue weighted by Gasteiger charge is -2.29. The monoisotopic (exact) mass is 511 g/mol. The summed E-state index contributed by atoms with van der Waals surface area (Å²) >= 11 is 5.85. The molecule has 3 heterocycles. The smallest absolute Gasteiger partial charge is 0.229 e. The molecule has 2 fully saturated rings. The summed E-state index contributed by atoms with van der Waals surface area (Å²) < 4.78 is 34.4. The fourth-order valence-electron chi connectivity index (χ4n) is 5.07. The topological polar surface area (TPSA) is 88.5 Å². The van der Waals surface area contributed by atoms with Crippen LogP contribution in [0.5, 0.6) is 5.75 Å². The van der Waals surface area contributed by atoms with E-state index in [9.17, 15) is 8.42 Å². The van der Waals surface area contributed by atoms with Crippen LogP contribution in [0.25, 0.3) is 0 Å². The molecule has 2 N–H and O–H groups in total. The van der Waals surface area contributed by atoms with Crippen LogP contribution < -0.4 is 19.7 Å². The lowest BCUT2D eigenvalue weighted by molar-refractivity contribution is 0.417. The van der Waals surface area contributed by atoms with Gasteiger partial charge in [0.15, 0.2) is 5.11 Å². The van der Waals surface area contributed by atoms with Crippen LogP contribution in [-0.4, -0.2) is 36.4 Å². The minimum Gasteiger partial charge on any atom is -0.495 e. The second kappa shape index (κ2) is 8.83. The van der Waals surface area contributed by atoms with Crippen molar-refractivity contribution in [1.82, 2.24) is 14.9 Å². The second-order valence-electron chi connectivity index (χ2n) is 9.18. The van der Waals surface area contributed by atoms with Gasteiger partial charge in [0.05, 0.1) is 36.8 Å². The quantitative estimate of drug-likeness (QED) is 0.455. The van der Waals surface area contributed by atoms with Crippen LogP contribution >= 0.6 is 12.2 Å². The molecule has 0 bridgehead atoms. The number of aryl methyl sites for hydroxylation is 1. The molecular weight excluding hydrogens is 482 g/mol. The van der Waals surface area contributed by atoms with E-state index in [0.717, 1.165) is 17.6 Å². The molecule has 184 valence electrons. The number of pyridine rings is 1. The van der Waals surface area contributed by atoms with E-state index in [0.29, 0.717) is 22.6 Å². The number of aromatic nitrogens is 2. The summed E-state index contributed by atoms with van der Waals surface area (Å²) in [6.07, 6.45) is 5.30. The normalized spacial score (nSPS) is 20.1. The van der Waals surface area contributed by atoms with Gasteiger partial charge in [-0.05, 0) is 80.9 Å². The summed E-state index contributed by atoms with van der Waals surface area (Å²) in [6, 6.07) is 13.7. The van der Waals surface area contributed by atoms with Gasteiger partial charge in [-0.25, -0.2) is 8.42 Å². The van der Waals surface area contributed by atoms with Crippen LogP contribution in [0.1, 0.15) is 53.6 Å². The van der Waals surface area contributed by atoms with Crippen LogP contribution in [0.15, 0.2) is 48.7 Å². The van der Waals surface area contributed by atoms with Gasteiger partial charge in [-0.2, -0.15) is 0 Å². The maximum Gasteiger partial charge on any atom is 0.229 e. The summed E-state index contributed by atoms with van der Waals surface area (Å²) in [4.78, 5) is 6.69. The molecular formula is C25H29N5O3S2. The Balaban J connectivity index is 1.65. The Morgan fingerprint density at radius 1 is 1.17 bits per heavy atom. The average Bonchev–Trinajstić information content (AvgIpc) is 3.52. The largest absolute Gasteiger partial charge is 0.495 e. The van der Waals surface area contributed by atoms with Crippen molar-refractivity contribution >= 4 is 38.7 Å². The Labute approximate surface area is 211 Å². The number of anilines is 2. The van der Waals surface area contributed by atoms with Crippen molar-refractivity contribution in [1.29, 1.82) is 0 Å². The van der Waals surface area contributed by atoms with Crippen LogP contribution in [0, 0.1) is 13.8 Å². The zero-order valence-electron chi connectivity index (χ0n) is 20.1. The molecule has 0 spiro atoms. The molecule has 1 saturated heterocycles. The Morgan fingerprint density at radius 3 is 2.57 bits per heavy atom. The van der Waals surface area contributed by atoms with Gasteiger partial charge in [0.25, 0.3) is 0 Å². The fraction of sp³-hybridized carbons (Fsp3) is 0.360. The Kier molecular flexibility index (Phi) is 5.96. The molecule has 1 saturated carbocycles. The van der Waals surface area contributed by atoms with E-state index in [1.807, 2.05) is 24.3 Å². The number of benzene rings is 1. The fourth-order valence-corrected chi connectivity index (χ4v) is 5.98. The third-order valence-electron chi connectivity index (χ3n) is 6.61. The highest BCUT2D eigenvalue weighted by atomic mass is 32.2. The lowest BCUT2D eigenvalue weighted by Crippen LogP contribution is -2.29. The van der Waals surface area contributed by atoms with Gasteiger partial charge in [-0.1, -0.05) is 6.07 Å². The summed E-state index contributed by atoms with van der Waals surface area (Å²) in [5.41, 5.74) is 5.63. The van der Waals surface area contributed by atoms with Gasteiger partial charge in [0.1, 0.15) is 5.75 Å². The maximum atomic E-state index is 12.0. The number of ether oxygens (including phenoxy) is 1. The number of methoxy groups -OCH3 is 1. The van der Waals surface area contributed by atoms with E-state index in [4.69, 9.17) is 17.0 Å². The van der Waals surface area contributed by atoms with E-state index in [1.54, 1.807) is 18.3 Å². The highest BCUT2D eigenvalue weighted by molar-refractivity contribution is 7.92. The van der Waals surface area contributed by atoms with Gasteiger partial charge in [0.2, 0.25) is 10.0 Å². The first-order valence-corrected chi connectivity index (χ1v) is 13.8. The zero-order chi connectivity index (χ0) is 24.9. The Hall–Kier alpha value is -3.11. The predicted molar refractivity (Wildman–Crippen MR) is 142 cm³/mol. The van der Waals surface area contributed by atoms with Crippen molar-refractivity contribution in [2.75, 3.05) is 23.0 Å². The molecule has 0 radical (unpaired) electrons. The van der Waals surface area contributed by atoms with Crippen molar-refractivity contribution in [3.05, 3.63) is 71.3 Å². The van der Waals surface area contributed by atoms with Crippen molar-refractivity contribution in [3.63, 3.8) is 0 Å². The summed E-state index contributed by atoms with van der Waals surface area (Å²) in [5.74, 6) is 0.432. The molecule has 2 aliphatic rings. The first-order chi connectivity index (χ1) is 16.7. The summed E-state index contributed by atoms with van der Waals surface area (Å²) in [7, 11) is -1.99. The lowest BCUT2D eigenvalue weighted by atomic mass is 9.96. The van der Waals surface area contributed by atoms with Crippen LogP contribution in [-0.2, 0) is 10.0 Å². The molecule has 10 heteroatoms. The van der Waals surface area contributed by atoms with E-state index in [1.165, 1.54) is 36.9 Å². The minimum atomic E-state index is -3.50. The molecule has 3 aromatic rings. The molecule has 2 atom stereocenters. The van der Waals surface area contributed by atoms with Crippen LogP contribution in [0.4, 0.5) is 11.4 Å². The Bertz CT molecular complexity index is 1380. The van der Waals surface area contributed by atoms with Crippen LogP contribution in [0.2, 0.25) is 0 Å². The summed E-state index contributed by atoms with van der Waals surface area (Å²) in [5, 5.41) is 4.03. The standard InChI is InChI=1S/C25H29N5O3S2/c1-15-13-19(16(2)29(15)17-8-9-17)24-23(20-7-5-6-12-26-20)27-25(34)30(24)18-10-11-22(33-3)21(14-18)28-35(4,31)32/h5-7,10-14,17,23-24,28H,8-9H2,1-4H3,(H,27,34)/t23-,24+/m1/s1. The van der Waals surface area contributed by atoms with Gasteiger partial charge >= 0.3 is 0 Å². The van der Waals surface area contributed by atoms with Crippen molar-refractivity contribution < 1.29 is 13.2 Å². The number of thiocarbonyl (C=S) groups is 1. The minimum absolute atomic E-state index is 0.171. The van der Waals surface area contributed by atoms with E-state index in [2.05, 4.69) is 44.4 Å². The first kappa shape index (κ1) is 23.6. The van der Waals surface area contributed by atoms with Gasteiger partial charge in [0, 0.05) is 29.3 Å². The molecule has 2 aromatic heterocycles. The van der Waals surface area contributed by atoms with Gasteiger partial charge in [-0.3, -0.25) is 9.71 Å². The SMILES string of the molecule is COc1ccc(N2C(=S)N[C@H](c3ccccn3)[C@@H]2c2cc(C)n(C3CC3)c2C)cc1NS(C)(=O)=O. The number of sulfonamides is 1. The number of nitrogens with zero attached hydrogens (tertiary/aromatic N) is 3. The second-order valence-corrected chi connectivity index (χ2v) is 11.3. The molecule has 0 unspecified atom stereocenters. The highest BCUT2D eigenvalue weighted by Crippen LogP contribution is 2.46. The molecule has 8 nitrogen and oxygen atoms in total. The molecule has 0 amide bonds. The average molecular weight is 512 g/mol. The molecule has 1 aliphatic carbocycles. The number of hydrogen-bond acceptors (Lipinski definition) is 5. The van der Waals surface area contributed by atoms with Gasteiger partial charge < -0.3 is 19.5 Å². The number of nitrogens with one attached hydrogen (secondary N) is 2. The van der Waals surface area contributed by atoms with Gasteiger partial charge in [-0.15, -0.1) is 0 Å². The third kappa shape index (κ3) is 4.48. The molecule has 5 rings (SSSR count). The zero-order valence-corrected chi connectivity index (χ0v) is 21.8. The van der Waals surface area contributed by atoms with Crippen molar-refractivity contribution in [2.24, 2.45) is 0 Å². The van der Waals surface area contributed by atoms with E-state index < -0.39 is 10.0 Å². The number of hydrogen-bond donors (Lipinski definition) is 2. The molecule has 1 aliphatic heterocycles. The Morgan fingerprint density at radius 2 is 1.94 bits per heavy atom. The van der Waals surface area contributed by atoms with E-state index >= 15 is 0 Å². The molecule has 1 aromatic carbocycles. The molecule has 35 heavy (non-hydrogen) atoms. The van der Waals surface area contributed by atoms with E-state index in [-0.39, 0.29) is 12.1 Å². The third-order valence-corrected chi connectivity index (χ3v) is 7.51. The number of rotatable bonds is 7. The van der Waals surface area contributed by atoms with Crippen LogP contribution in [0.3, 0.4) is 0 Å². The highest BCUT2D eigenvalue weighted by Gasteiger charge is 2.43. The van der Waals surface area contributed by atoms with Crippen molar-refractivity contribution in [2.45, 2.75) is 44.8 Å².